The average Bonchev–Trinajstić information content (AvgIpc) is 2.48. The van der Waals surface area contributed by atoms with E-state index in [0.717, 1.165) is 5.56 Å². The van der Waals surface area contributed by atoms with E-state index in [0.29, 0.717) is 23.4 Å². The summed E-state index contributed by atoms with van der Waals surface area (Å²) < 4.78 is 0. The van der Waals surface area contributed by atoms with Crippen molar-refractivity contribution in [2.24, 2.45) is 0 Å². The van der Waals surface area contributed by atoms with Crippen LogP contribution in [0.3, 0.4) is 0 Å². The van der Waals surface area contributed by atoms with Gasteiger partial charge in [-0.25, -0.2) is 9.97 Å². The van der Waals surface area contributed by atoms with Gasteiger partial charge >= 0.3 is 0 Å². The van der Waals surface area contributed by atoms with Crippen LogP contribution in [0.15, 0.2) is 41.7 Å². The lowest BCUT2D eigenvalue weighted by atomic mass is 10.0. The molecule has 1 aromatic heterocycles. The van der Waals surface area contributed by atoms with Crippen LogP contribution in [0.5, 0.6) is 0 Å². The van der Waals surface area contributed by atoms with Crippen molar-refractivity contribution in [2.75, 3.05) is 6.26 Å². The zero-order chi connectivity index (χ0) is 13.7. The molecule has 19 heavy (non-hydrogen) atoms. The van der Waals surface area contributed by atoms with E-state index in [1.807, 2.05) is 36.6 Å². The van der Waals surface area contributed by atoms with Crippen LogP contribution in [0.2, 0.25) is 0 Å². The number of nitrogens with zero attached hydrogens (tertiary/aromatic N) is 2. The first-order valence-electron chi connectivity index (χ1n) is 5.68. The maximum absolute atomic E-state index is 11.6. The smallest absolute Gasteiger partial charge is 0.244 e. The highest BCUT2D eigenvalue weighted by molar-refractivity contribution is 7.98. The molecule has 0 N–H and O–H groups in total. The van der Waals surface area contributed by atoms with Crippen LogP contribution in [-0.2, 0) is 11.2 Å². The zero-order valence-corrected chi connectivity index (χ0v) is 11.2. The first kappa shape index (κ1) is 13.4. The van der Waals surface area contributed by atoms with Crippen molar-refractivity contribution in [3.8, 4) is 0 Å². The van der Waals surface area contributed by atoms with E-state index >= 15 is 0 Å². The van der Waals surface area contributed by atoms with Gasteiger partial charge in [0.15, 0.2) is 11.4 Å². The molecule has 5 heteroatoms. The molecule has 4 nitrogen and oxygen atoms in total. The van der Waals surface area contributed by atoms with E-state index in [4.69, 9.17) is 0 Å². The molecule has 2 aromatic rings. The first-order valence-corrected chi connectivity index (χ1v) is 6.90. The van der Waals surface area contributed by atoms with Crippen molar-refractivity contribution in [1.29, 1.82) is 0 Å². The van der Waals surface area contributed by atoms with Crippen LogP contribution >= 0.6 is 11.8 Å². The number of aldehydes is 1. The number of aromatic nitrogens is 2. The van der Waals surface area contributed by atoms with Crippen molar-refractivity contribution >= 4 is 23.8 Å². The Morgan fingerprint density at radius 1 is 1.32 bits per heavy atom. The molecule has 0 saturated heterocycles. The second-order valence-electron chi connectivity index (χ2n) is 3.88. The number of Topliss-reactive ketones (excluding diaryl/α,β-unsaturated/α-hetero) is 1. The number of ketones is 1. The van der Waals surface area contributed by atoms with Crippen LogP contribution in [-0.4, -0.2) is 28.3 Å². The van der Waals surface area contributed by atoms with Crippen molar-refractivity contribution < 1.29 is 9.59 Å². The van der Waals surface area contributed by atoms with E-state index in [2.05, 4.69) is 9.97 Å². The van der Waals surface area contributed by atoms with Gasteiger partial charge < -0.3 is 0 Å². The Kier molecular flexibility index (Phi) is 4.41. The molecule has 0 fully saturated rings. The largest absolute Gasteiger partial charge is 0.294 e. The van der Waals surface area contributed by atoms with Gasteiger partial charge in [0.2, 0.25) is 5.78 Å². The van der Waals surface area contributed by atoms with Gasteiger partial charge in [0, 0.05) is 18.2 Å². The van der Waals surface area contributed by atoms with E-state index in [1.165, 1.54) is 11.8 Å². The highest BCUT2D eigenvalue weighted by Gasteiger charge is 2.14. The van der Waals surface area contributed by atoms with Gasteiger partial charge in [0.1, 0.15) is 5.69 Å². The van der Waals surface area contributed by atoms with Crippen molar-refractivity contribution in [1.82, 2.24) is 9.97 Å². The molecule has 1 heterocycles. The second kappa shape index (κ2) is 6.24. The molecule has 0 bridgehead atoms. The van der Waals surface area contributed by atoms with Crippen LogP contribution in [0.1, 0.15) is 21.6 Å². The van der Waals surface area contributed by atoms with Gasteiger partial charge in [0.25, 0.3) is 0 Å². The number of carbonyl (C=O) groups is 2. The van der Waals surface area contributed by atoms with Crippen molar-refractivity contribution in [2.45, 2.75) is 11.6 Å². The summed E-state index contributed by atoms with van der Waals surface area (Å²) in [6, 6.07) is 9.69. The highest BCUT2D eigenvalue weighted by Crippen LogP contribution is 2.16. The van der Waals surface area contributed by atoms with Crippen molar-refractivity contribution in [3.63, 3.8) is 0 Å². The Morgan fingerprint density at radius 3 is 2.68 bits per heavy atom. The number of hydrogen-bond acceptors (Lipinski definition) is 5. The molecule has 0 aliphatic rings. The fourth-order valence-corrected chi connectivity index (χ4v) is 2.04. The molecular weight excluding hydrogens is 260 g/mol. The third kappa shape index (κ3) is 3.26. The summed E-state index contributed by atoms with van der Waals surface area (Å²) in [7, 11) is 0. The summed E-state index contributed by atoms with van der Waals surface area (Å²) in [4.78, 5) is 30.6. The maximum atomic E-state index is 11.6. The molecule has 96 valence electrons. The predicted octanol–water partition coefficient (Wildman–Crippen LogP) is 2.17. The molecule has 0 spiro atoms. The SMILES string of the molecule is CSc1ncc(Cc2ccccc2)c(C(=O)C=O)n1. The summed E-state index contributed by atoms with van der Waals surface area (Å²) >= 11 is 1.34. The Balaban J connectivity index is 2.39. The lowest BCUT2D eigenvalue weighted by molar-refractivity contribution is -0.104. The summed E-state index contributed by atoms with van der Waals surface area (Å²) in [5.74, 6) is -0.608. The molecule has 0 radical (unpaired) electrons. The van der Waals surface area contributed by atoms with Crippen LogP contribution in [0.4, 0.5) is 0 Å². The van der Waals surface area contributed by atoms with Gasteiger partial charge in [-0.3, -0.25) is 9.59 Å². The Hall–Kier alpha value is -2.01. The van der Waals surface area contributed by atoms with Crippen LogP contribution < -0.4 is 0 Å². The topological polar surface area (TPSA) is 59.9 Å². The third-order valence-electron chi connectivity index (χ3n) is 2.60. The quantitative estimate of drug-likeness (QED) is 0.274. The lowest BCUT2D eigenvalue weighted by Gasteiger charge is -2.06. The summed E-state index contributed by atoms with van der Waals surface area (Å²) in [5.41, 5.74) is 1.90. The van der Waals surface area contributed by atoms with E-state index < -0.39 is 5.78 Å². The molecular formula is C14H12N2O2S. The highest BCUT2D eigenvalue weighted by atomic mass is 32.2. The molecule has 1 aromatic carbocycles. The van der Waals surface area contributed by atoms with Gasteiger partial charge in [-0.2, -0.15) is 0 Å². The second-order valence-corrected chi connectivity index (χ2v) is 4.65. The van der Waals surface area contributed by atoms with Gasteiger partial charge in [-0.15, -0.1) is 0 Å². The monoisotopic (exact) mass is 272 g/mol. The Morgan fingerprint density at radius 2 is 2.05 bits per heavy atom. The number of rotatable bonds is 5. The Labute approximate surface area is 115 Å². The molecule has 0 saturated carbocycles. The Bertz CT molecular complexity index is 600. The first-order chi connectivity index (χ1) is 9.24. The fraction of sp³-hybridized carbons (Fsp3) is 0.143. The number of benzene rings is 1. The summed E-state index contributed by atoms with van der Waals surface area (Å²) in [5, 5.41) is 0.488. The molecule has 0 aliphatic carbocycles. The van der Waals surface area contributed by atoms with Crippen LogP contribution in [0.25, 0.3) is 0 Å². The standard InChI is InChI=1S/C14H12N2O2S/c1-19-14-15-8-11(13(16-14)12(18)9-17)7-10-5-3-2-4-6-10/h2-6,8-9H,7H2,1H3. The minimum Gasteiger partial charge on any atom is -0.294 e. The van der Waals surface area contributed by atoms with Gasteiger partial charge in [0.05, 0.1) is 0 Å². The number of thioether (sulfide) groups is 1. The zero-order valence-electron chi connectivity index (χ0n) is 10.4. The van der Waals surface area contributed by atoms with E-state index in [-0.39, 0.29) is 5.69 Å². The van der Waals surface area contributed by atoms with Crippen molar-refractivity contribution in [3.05, 3.63) is 53.3 Å². The summed E-state index contributed by atoms with van der Waals surface area (Å²) in [6.07, 6.45) is 4.26. The molecule has 0 unspecified atom stereocenters. The van der Waals surface area contributed by atoms with Gasteiger partial charge in [-0.05, 0) is 11.8 Å². The fourth-order valence-electron chi connectivity index (χ4n) is 1.70. The molecule has 0 atom stereocenters. The van der Waals surface area contributed by atoms with E-state index in [1.54, 1.807) is 6.20 Å². The summed E-state index contributed by atoms with van der Waals surface area (Å²) in [6.45, 7) is 0. The minimum absolute atomic E-state index is 0.193. The third-order valence-corrected chi connectivity index (χ3v) is 3.16. The number of hydrogen-bond donors (Lipinski definition) is 0. The van der Waals surface area contributed by atoms with Crippen LogP contribution in [0, 0.1) is 0 Å². The molecule has 2 rings (SSSR count). The van der Waals surface area contributed by atoms with E-state index in [9.17, 15) is 9.59 Å². The minimum atomic E-state index is -0.608. The average molecular weight is 272 g/mol. The predicted molar refractivity (Wildman–Crippen MR) is 73.5 cm³/mol. The maximum Gasteiger partial charge on any atom is 0.244 e. The lowest BCUT2D eigenvalue weighted by Crippen LogP contribution is -2.10. The normalized spacial score (nSPS) is 10.2. The molecule has 0 amide bonds. The van der Waals surface area contributed by atoms with Gasteiger partial charge in [-0.1, -0.05) is 42.1 Å². The molecule has 0 aliphatic heterocycles. The number of carbonyl (C=O) groups excluding carboxylic acids is 2.